The highest BCUT2D eigenvalue weighted by Crippen LogP contribution is 2.27. The summed E-state index contributed by atoms with van der Waals surface area (Å²) in [7, 11) is 0. The molecule has 0 unspecified atom stereocenters. The molecule has 0 atom stereocenters. The van der Waals surface area contributed by atoms with Gasteiger partial charge in [0.25, 0.3) is 5.91 Å². The van der Waals surface area contributed by atoms with E-state index in [2.05, 4.69) is 15.3 Å². The number of hydroxylamine groups is 1. The Hall–Kier alpha value is -4.50. The molecule has 3 aromatic carbocycles. The number of carbonyl (C=O) groups excluding carboxylic acids is 1. The van der Waals surface area contributed by atoms with Crippen molar-refractivity contribution in [2.45, 2.75) is 32.9 Å². The number of benzene rings is 3. The third kappa shape index (κ3) is 5.42. The van der Waals surface area contributed by atoms with Crippen molar-refractivity contribution in [3.63, 3.8) is 0 Å². The number of ether oxygens (including phenoxy) is 1. The van der Waals surface area contributed by atoms with Gasteiger partial charge in [-0.2, -0.15) is 0 Å². The number of hydrogen-bond acceptors (Lipinski definition) is 7. The number of likely N-dealkylation sites (tertiary alicyclic amines) is 1. The van der Waals surface area contributed by atoms with Gasteiger partial charge in [-0.3, -0.25) is 20.9 Å². The topological polar surface area (TPSA) is 123 Å². The maximum Gasteiger partial charge on any atom is 0.254 e. The summed E-state index contributed by atoms with van der Waals surface area (Å²) in [5, 5.41) is 21.4. The summed E-state index contributed by atoms with van der Waals surface area (Å²) in [4.78, 5) is 23.8. The van der Waals surface area contributed by atoms with E-state index in [1.54, 1.807) is 18.2 Å². The molecule has 0 spiro atoms. The fourth-order valence-corrected chi connectivity index (χ4v) is 4.67. The third-order valence-corrected chi connectivity index (χ3v) is 6.75. The number of aryl methyl sites for hydroxylation is 1. The highest BCUT2D eigenvalue weighted by Gasteiger charge is 2.22. The molecule has 0 radical (unpaired) electrons. The Labute approximate surface area is 221 Å². The third-order valence-electron chi connectivity index (χ3n) is 6.75. The van der Waals surface area contributed by atoms with E-state index >= 15 is 0 Å². The van der Waals surface area contributed by atoms with Gasteiger partial charge in [0.05, 0.1) is 5.52 Å². The molecular weight excluding hydrogens is 480 g/mol. The van der Waals surface area contributed by atoms with Crippen LogP contribution in [0.5, 0.6) is 5.75 Å². The predicted molar refractivity (Wildman–Crippen MR) is 146 cm³/mol. The zero-order valence-electron chi connectivity index (χ0n) is 21.2. The van der Waals surface area contributed by atoms with Gasteiger partial charge in [-0.05, 0) is 61.2 Å². The number of nitrogens with one attached hydrogen (secondary N) is 3. The van der Waals surface area contributed by atoms with Crippen LogP contribution in [0.1, 0.15) is 45.5 Å². The molecule has 4 N–H and O–H groups in total. The van der Waals surface area contributed by atoms with Crippen LogP contribution in [-0.4, -0.2) is 44.9 Å². The van der Waals surface area contributed by atoms with Gasteiger partial charge >= 0.3 is 0 Å². The Bertz CT molecular complexity index is 1470. The standard InChI is InChI=1S/C29H30N6O3/c1-19-13-24-25(15-23(19)29(36)35-11-5-6-12-35)32-18-33-28(24)31-16-22-14-21(27(30)34-37)9-10-26(22)38-17-20-7-3-2-4-8-20/h2-4,7-10,13-15,18,37H,5-6,11-12,16-17H2,1H3,(H2,30,34)(H,31,32,33). The van der Waals surface area contributed by atoms with Gasteiger partial charge in [-0.25, -0.2) is 9.97 Å². The summed E-state index contributed by atoms with van der Waals surface area (Å²) < 4.78 is 6.11. The summed E-state index contributed by atoms with van der Waals surface area (Å²) in [6.45, 7) is 4.28. The van der Waals surface area contributed by atoms with E-state index in [4.69, 9.17) is 10.1 Å². The SMILES string of the molecule is Cc1cc2c(NCc3cc(C(=N)NO)ccc3OCc3ccccc3)ncnc2cc1C(=O)N1CCCC1. The lowest BCUT2D eigenvalue weighted by Gasteiger charge is -2.18. The van der Waals surface area contributed by atoms with Crippen LogP contribution in [0.4, 0.5) is 5.82 Å². The van der Waals surface area contributed by atoms with Crippen molar-refractivity contribution in [1.82, 2.24) is 20.3 Å². The first-order valence-electron chi connectivity index (χ1n) is 12.6. The van der Waals surface area contributed by atoms with E-state index in [0.29, 0.717) is 41.4 Å². The van der Waals surface area contributed by atoms with Gasteiger partial charge in [0.1, 0.15) is 30.3 Å². The number of carbonyl (C=O) groups is 1. The van der Waals surface area contributed by atoms with Crippen molar-refractivity contribution in [3.05, 3.63) is 94.8 Å². The molecule has 2 heterocycles. The average Bonchev–Trinajstić information content (AvgIpc) is 3.50. The monoisotopic (exact) mass is 510 g/mol. The van der Waals surface area contributed by atoms with Gasteiger partial charge < -0.3 is 15.0 Å². The fourth-order valence-electron chi connectivity index (χ4n) is 4.67. The molecule has 194 valence electrons. The first kappa shape index (κ1) is 25.2. The van der Waals surface area contributed by atoms with E-state index in [0.717, 1.165) is 48.0 Å². The van der Waals surface area contributed by atoms with E-state index in [-0.39, 0.29) is 11.7 Å². The molecule has 4 aromatic rings. The number of nitrogens with zero attached hydrogens (tertiary/aromatic N) is 3. The average molecular weight is 511 g/mol. The number of amides is 1. The zero-order chi connectivity index (χ0) is 26.5. The van der Waals surface area contributed by atoms with Crippen LogP contribution in [0, 0.1) is 12.3 Å². The summed E-state index contributed by atoms with van der Waals surface area (Å²) >= 11 is 0. The van der Waals surface area contributed by atoms with Crippen LogP contribution < -0.4 is 15.5 Å². The van der Waals surface area contributed by atoms with Crippen LogP contribution in [0.2, 0.25) is 0 Å². The summed E-state index contributed by atoms with van der Waals surface area (Å²) in [5.41, 5.74) is 6.49. The quantitative estimate of drug-likeness (QED) is 0.154. The van der Waals surface area contributed by atoms with E-state index in [1.807, 2.05) is 59.8 Å². The number of fused-ring (bicyclic) bond motifs is 1. The van der Waals surface area contributed by atoms with Crippen LogP contribution in [0.25, 0.3) is 10.9 Å². The van der Waals surface area contributed by atoms with Crippen molar-refractivity contribution in [2.24, 2.45) is 0 Å². The molecule has 38 heavy (non-hydrogen) atoms. The Morgan fingerprint density at radius 2 is 1.87 bits per heavy atom. The smallest absolute Gasteiger partial charge is 0.254 e. The molecule has 0 bridgehead atoms. The molecule has 9 nitrogen and oxygen atoms in total. The molecule has 1 aliphatic heterocycles. The Morgan fingerprint density at radius 1 is 1.08 bits per heavy atom. The lowest BCUT2D eigenvalue weighted by Crippen LogP contribution is -2.28. The molecule has 1 amide bonds. The first-order chi connectivity index (χ1) is 18.5. The number of aromatic nitrogens is 2. The summed E-state index contributed by atoms with van der Waals surface area (Å²) in [5.74, 6) is 1.23. The van der Waals surface area contributed by atoms with Gasteiger partial charge in [0.2, 0.25) is 0 Å². The molecule has 0 saturated carbocycles. The molecule has 1 saturated heterocycles. The van der Waals surface area contributed by atoms with Gasteiger partial charge in [0.15, 0.2) is 0 Å². The summed E-state index contributed by atoms with van der Waals surface area (Å²) in [6.07, 6.45) is 3.57. The Morgan fingerprint density at radius 3 is 2.63 bits per heavy atom. The number of anilines is 1. The van der Waals surface area contributed by atoms with Crippen LogP contribution in [0.15, 0.2) is 67.0 Å². The van der Waals surface area contributed by atoms with Crippen molar-refractivity contribution in [3.8, 4) is 5.75 Å². The number of rotatable bonds is 8. The normalized spacial score (nSPS) is 12.9. The van der Waals surface area contributed by atoms with Crippen LogP contribution in [0.3, 0.4) is 0 Å². The molecule has 1 aromatic heterocycles. The highest BCUT2D eigenvalue weighted by atomic mass is 16.5. The molecule has 1 fully saturated rings. The second-order valence-corrected chi connectivity index (χ2v) is 9.34. The minimum atomic E-state index is -0.112. The maximum atomic E-state index is 13.0. The van der Waals surface area contributed by atoms with Gasteiger partial charge in [-0.15, -0.1) is 0 Å². The predicted octanol–water partition coefficient (Wildman–Crippen LogP) is 4.67. The lowest BCUT2D eigenvalue weighted by molar-refractivity contribution is 0.0792. The maximum absolute atomic E-state index is 13.0. The number of hydrogen-bond donors (Lipinski definition) is 4. The molecule has 9 heteroatoms. The largest absolute Gasteiger partial charge is 0.489 e. The van der Waals surface area contributed by atoms with Crippen molar-refractivity contribution >= 4 is 28.5 Å². The highest BCUT2D eigenvalue weighted by molar-refractivity contribution is 6.01. The first-order valence-corrected chi connectivity index (χ1v) is 12.6. The second-order valence-electron chi connectivity index (χ2n) is 9.34. The summed E-state index contributed by atoms with van der Waals surface area (Å²) in [6, 6.07) is 19.0. The van der Waals surface area contributed by atoms with Crippen LogP contribution in [-0.2, 0) is 13.2 Å². The van der Waals surface area contributed by atoms with E-state index in [1.165, 1.54) is 6.33 Å². The zero-order valence-corrected chi connectivity index (χ0v) is 21.2. The second kappa shape index (κ2) is 11.3. The minimum absolute atomic E-state index is 0.0481. The molecule has 0 aliphatic carbocycles. The van der Waals surface area contributed by atoms with E-state index in [9.17, 15) is 10.0 Å². The van der Waals surface area contributed by atoms with Crippen molar-refractivity contribution in [2.75, 3.05) is 18.4 Å². The minimum Gasteiger partial charge on any atom is -0.489 e. The van der Waals surface area contributed by atoms with E-state index < -0.39 is 0 Å². The molecule has 5 rings (SSSR count). The van der Waals surface area contributed by atoms with Crippen LogP contribution >= 0.6 is 0 Å². The molecular formula is C29H30N6O3. The van der Waals surface area contributed by atoms with Gasteiger partial charge in [-0.1, -0.05) is 30.3 Å². The van der Waals surface area contributed by atoms with Crippen molar-refractivity contribution in [1.29, 1.82) is 5.41 Å². The van der Waals surface area contributed by atoms with Gasteiger partial charge in [0, 0.05) is 41.7 Å². The lowest BCUT2D eigenvalue weighted by atomic mass is 10.0. The Kier molecular flexibility index (Phi) is 7.46. The van der Waals surface area contributed by atoms with Crippen molar-refractivity contribution < 1.29 is 14.7 Å². The molecule has 1 aliphatic rings. The Balaban J connectivity index is 1.40. The number of amidine groups is 1. The fraction of sp³-hybridized carbons (Fsp3) is 0.241.